The predicted molar refractivity (Wildman–Crippen MR) is 451 cm³/mol. The lowest BCUT2D eigenvalue weighted by atomic mass is 10.1. The lowest BCUT2D eigenvalue weighted by Gasteiger charge is -2.33. The van der Waals surface area contributed by atoms with Crippen LogP contribution in [0.1, 0.15) is 173 Å². The lowest BCUT2D eigenvalue weighted by Crippen LogP contribution is -2.57. The fourth-order valence-corrected chi connectivity index (χ4v) is 21.8. The molecule has 13 aliphatic heterocycles. The summed E-state index contributed by atoms with van der Waals surface area (Å²) in [7, 11) is 0. The molecule has 13 aliphatic rings. The SMILES string of the molecule is CSCC[C@H](N)C(=O)N1CCC[C@H]1C(=O)NCC(=O)N1CCC[C@H]1C(=O)N1CCC[C@H]1C(=O)NCC(=O)N1CCC[C@H]1C(=O)N1CCC[C@H]1C(=O)NCC(=O)N1CCC[C@H]1C(=O)N1CCC[C@H]1C(=O)NCC(=O)N1CCC[C@H]1C(=O)N1CCC[C@H]1C(=O)NCC(=O)N1CCC[C@H]1C(=O)N1CCC[C@H]1C(=O)NCC(=O)N1CCC[C@H]1C(=O)N1CCC[C@H]1C(=O)NCC(=O)O. The molecule has 0 spiro atoms. The summed E-state index contributed by atoms with van der Waals surface area (Å²) in [6.45, 7) is -0.597. The van der Waals surface area contributed by atoms with Crippen LogP contribution in [0.15, 0.2) is 0 Å². The zero-order valence-electron chi connectivity index (χ0n) is 72.8. The van der Waals surface area contributed by atoms with Gasteiger partial charge in [0, 0.05) is 85.1 Å². The Morgan fingerprint density at radius 3 is 0.586 bits per heavy atom. The summed E-state index contributed by atoms with van der Waals surface area (Å²) >= 11 is 1.56. The number of hydrogen-bond acceptors (Lipinski definition) is 23. The van der Waals surface area contributed by atoms with Gasteiger partial charge in [0.1, 0.15) is 85.1 Å². The zero-order valence-corrected chi connectivity index (χ0v) is 73.7. The number of carboxylic acid groups (broad SMARTS) is 1. The summed E-state index contributed by atoms with van der Waals surface area (Å²) in [5, 5.41) is 27.4. The van der Waals surface area contributed by atoms with Gasteiger partial charge in [-0.3, -0.25) is 101 Å². The highest BCUT2D eigenvalue weighted by molar-refractivity contribution is 7.98. The second-order valence-corrected chi connectivity index (χ2v) is 36.6. The van der Waals surface area contributed by atoms with E-state index in [4.69, 9.17) is 10.8 Å². The number of carbonyl (C=O) groups is 21. The van der Waals surface area contributed by atoms with Gasteiger partial charge in [-0.05, 0) is 185 Å². The van der Waals surface area contributed by atoms with Crippen LogP contribution < -0.4 is 43.0 Å². The Kier molecular flexibility index (Phi) is 31.9. The molecule has 44 heteroatoms. The van der Waals surface area contributed by atoms with Crippen LogP contribution in [0.4, 0.5) is 0 Å². The summed E-state index contributed by atoms with van der Waals surface area (Å²) in [4.78, 5) is 307. The molecular weight excluding hydrogens is 1690 g/mol. The van der Waals surface area contributed by atoms with Gasteiger partial charge >= 0.3 is 5.97 Å². The third-order valence-electron chi connectivity index (χ3n) is 27.9. The van der Waals surface area contributed by atoms with Gasteiger partial charge in [0.15, 0.2) is 0 Å². The molecule has 13 fully saturated rings. The maximum atomic E-state index is 14.4. The smallest absolute Gasteiger partial charge is 0.322 e. The van der Waals surface area contributed by atoms with Crippen molar-refractivity contribution in [3.05, 3.63) is 0 Å². The Hall–Kier alpha value is -10.8. The number of aliphatic carboxylic acids is 1. The average molecular weight is 1810 g/mol. The highest BCUT2D eigenvalue weighted by Gasteiger charge is 2.51. The first kappa shape index (κ1) is 94.8. The van der Waals surface area contributed by atoms with E-state index < -0.39 is 249 Å². The second-order valence-electron chi connectivity index (χ2n) is 35.6. The van der Waals surface area contributed by atoms with Crippen LogP contribution >= 0.6 is 11.8 Å². The number of nitrogens with one attached hydrogen (secondary N) is 7. The van der Waals surface area contributed by atoms with Crippen molar-refractivity contribution in [2.75, 3.05) is 143 Å². The van der Waals surface area contributed by atoms with Crippen LogP contribution in [0.3, 0.4) is 0 Å². The molecule has 0 aromatic carbocycles. The highest BCUT2D eigenvalue weighted by Crippen LogP contribution is 2.34. The molecule has 20 amide bonds. The summed E-state index contributed by atoms with van der Waals surface area (Å²) in [5.41, 5.74) is 6.14. The van der Waals surface area contributed by atoms with Crippen molar-refractivity contribution in [1.29, 1.82) is 0 Å². The van der Waals surface area contributed by atoms with Gasteiger partial charge in [-0.25, -0.2) is 0 Å². The maximum Gasteiger partial charge on any atom is 0.322 e. The van der Waals surface area contributed by atoms with E-state index in [9.17, 15) is 101 Å². The number of hydrogen-bond donors (Lipinski definition) is 9. The van der Waals surface area contributed by atoms with Crippen LogP contribution in [-0.4, -0.2) is 420 Å². The number of thioether (sulfide) groups is 1. The van der Waals surface area contributed by atoms with E-state index in [2.05, 4.69) is 37.2 Å². The fourth-order valence-electron chi connectivity index (χ4n) is 21.4. The van der Waals surface area contributed by atoms with Crippen molar-refractivity contribution in [3.63, 3.8) is 0 Å². The topological polar surface area (TPSA) is 531 Å². The van der Waals surface area contributed by atoms with Crippen LogP contribution in [0.2, 0.25) is 0 Å². The first-order valence-electron chi connectivity index (χ1n) is 45.9. The fraction of sp³-hybridized carbons (Fsp3) is 0.750. The molecule has 0 aromatic rings. The number of amides is 20. The predicted octanol–water partition coefficient (Wildman–Crippen LogP) is -6.15. The molecule has 0 saturated carbocycles. The van der Waals surface area contributed by atoms with Crippen LogP contribution in [0.5, 0.6) is 0 Å². The van der Waals surface area contributed by atoms with Gasteiger partial charge < -0.3 is 112 Å². The van der Waals surface area contributed by atoms with Crippen molar-refractivity contribution in [2.24, 2.45) is 5.73 Å². The van der Waals surface area contributed by atoms with Gasteiger partial charge in [0.05, 0.1) is 45.3 Å². The molecule has 0 radical (unpaired) electrons. The van der Waals surface area contributed by atoms with Crippen molar-refractivity contribution < 1.29 is 106 Å². The van der Waals surface area contributed by atoms with Crippen LogP contribution in [-0.2, 0) is 101 Å². The number of nitrogens with zero attached hydrogens (tertiary/aromatic N) is 13. The van der Waals surface area contributed by atoms with Crippen molar-refractivity contribution in [3.8, 4) is 0 Å². The largest absolute Gasteiger partial charge is 0.480 e. The maximum absolute atomic E-state index is 14.4. The Balaban J connectivity index is 0.517. The van der Waals surface area contributed by atoms with Gasteiger partial charge in [-0.2, -0.15) is 11.8 Å². The normalized spacial score (nSPS) is 27.1. The Bertz CT molecular complexity index is 4230. The number of likely N-dealkylation sites (tertiary alicyclic amines) is 13. The summed E-state index contributed by atoms with van der Waals surface area (Å²) in [6, 6.07) is -12.9. The lowest BCUT2D eigenvalue weighted by molar-refractivity contribution is -0.148. The summed E-state index contributed by atoms with van der Waals surface area (Å²) in [5.74, 6) is -11.0. The van der Waals surface area contributed by atoms with E-state index in [0.717, 1.165) is 0 Å². The van der Waals surface area contributed by atoms with Crippen molar-refractivity contribution in [1.82, 2.24) is 101 Å². The average Bonchev–Trinajstić information content (AvgIpc) is 1.66. The minimum absolute atomic E-state index is 0.179. The third kappa shape index (κ3) is 21.2. The molecule has 10 N–H and O–H groups in total. The molecule has 702 valence electrons. The van der Waals surface area contributed by atoms with Crippen molar-refractivity contribution in [2.45, 2.75) is 258 Å². The minimum Gasteiger partial charge on any atom is -0.480 e. The Morgan fingerprint density at radius 1 is 0.250 bits per heavy atom. The van der Waals surface area contributed by atoms with E-state index in [-0.39, 0.29) is 136 Å². The highest BCUT2D eigenvalue weighted by atomic mass is 32.2. The molecule has 0 unspecified atom stereocenters. The Morgan fingerprint density at radius 2 is 0.406 bits per heavy atom. The van der Waals surface area contributed by atoms with E-state index in [0.29, 0.717) is 134 Å². The number of carbonyl (C=O) groups excluding carboxylic acids is 20. The quantitative estimate of drug-likeness (QED) is 0.0312. The molecule has 13 saturated heterocycles. The summed E-state index contributed by atoms with van der Waals surface area (Å²) < 4.78 is 0. The monoisotopic (exact) mass is 1810 g/mol. The second kappa shape index (κ2) is 43.1. The number of carboxylic acids is 1. The number of nitrogens with two attached hydrogens (primary N) is 1. The molecule has 43 nitrogen and oxygen atoms in total. The zero-order chi connectivity index (χ0) is 91.3. The van der Waals surface area contributed by atoms with Crippen molar-refractivity contribution >= 4 is 136 Å². The van der Waals surface area contributed by atoms with Crippen LogP contribution in [0.25, 0.3) is 0 Å². The standard InChI is InChI=1S/C84H123N21O22S/c1-128-42-28-50(85)78(121)99-35-2-15-51(99)71(114)86-43-64(106)93-29-9-22-58(93)79(122)100-36-3-16-52(100)72(115)87-44-65(107)94-30-10-23-59(94)80(123)101-37-4-17-53(101)73(116)88-45-66(108)95-31-11-24-60(95)81(124)102-38-5-18-54(102)74(117)89-46-67(109)96-32-12-25-61(96)82(125)103-39-6-19-55(103)75(118)90-47-68(110)97-33-13-26-62(97)83(126)104-40-7-20-56(104)76(119)91-48-69(111)98-34-14-27-63(98)84(127)105-41-8-21-57(105)77(120)92-49-70(112)113/h50-63H,2-49,85H2,1H3,(H,86,114)(H,87,115)(H,88,116)(H,89,117)(H,90,118)(H,91,119)(H,92,120)(H,112,113)/t50-,51-,52-,53-,54-,55-,56-,57-,58-,59-,60-,61-,62-,63-/m0/s1. The molecule has 13 heterocycles. The first-order chi connectivity index (χ1) is 61.6. The molecule has 0 aliphatic carbocycles. The molecule has 128 heavy (non-hydrogen) atoms. The van der Waals surface area contributed by atoms with Gasteiger partial charge in [0.2, 0.25) is 118 Å². The number of rotatable bonds is 31. The molecule has 0 aromatic heterocycles. The summed E-state index contributed by atoms with van der Waals surface area (Å²) in [6.07, 6.45) is 12.5. The van der Waals surface area contributed by atoms with Crippen LogP contribution in [0, 0.1) is 0 Å². The molecule has 14 atom stereocenters. The van der Waals surface area contributed by atoms with E-state index in [1.807, 2.05) is 6.26 Å². The molecule has 13 rings (SSSR count). The Labute approximate surface area is 745 Å². The van der Waals surface area contributed by atoms with E-state index >= 15 is 0 Å². The molecular formula is C84H123N21O22S. The van der Waals surface area contributed by atoms with E-state index in [1.54, 1.807) is 11.8 Å². The first-order valence-corrected chi connectivity index (χ1v) is 47.3. The van der Waals surface area contributed by atoms with E-state index in [1.165, 1.54) is 63.7 Å². The van der Waals surface area contributed by atoms with Gasteiger partial charge in [-0.1, -0.05) is 0 Å². The third-order valence-corrected chi connectivity index (χ3v) is 28.5. The van der Waals surface area contributed by atoms with Gasteiger partial charge in [-0.15, -0.1) is 0 Å². The molecule has 0 bridgehead atoms. The minimum atomic E-state index is -1.23. The van der Waals surface area contributed by atoms with Gasteiger partial charge in [0.25, 0.3) is 0 Å².